The monoisotopic (exact) mass is 252 g/mol. The fraction of sp³-hybridized carbons (Fsp3) is 0.364. The van der Waals surface area contributed by atoms with Crippen LogP contribution in [0.5, 0.6) is 11.6 Å². The van der Waals surface area contributed by atoms with Gasteiger partial charge in [0.05, 0.1) is 12.4 Å². The van der Waals surface area contributed by atoms with E-state index in [1.54, 1.807) is 17.8 Å². The minimum Gasteiger partial charge on any atom is -0.435 e. The predicted octanol–water partition coefficient (Wildman–Crippen LogP) is 2.76. The van der Waals surface area contributed by atoms with E-state index in [4.69, 9.17) is 16.3 Å². The van der Waals surface area contributed by atoms with Crippen LogP contribution in [0.15, 0.2) is 12.4 Å². The molecule has 0 radical (unpaired) electrons. The van der Waals surface area contributed by atoms with Crippen LogP contribution in [0.4, 0.5) is 0 Å². The standard InChI is InChI=1S/C11H13ClN4O/c1-4-16-6-9(5-13-16)17-11-7(2)10(12)14-8(3)15-11/h5-6H,4H2,1-3H3. The fourth-order valence-electron chi connectivity index (χ4n) is 1.35. The quantitative estimate of drug-likeness (QED) is 0.789. The second-order valence-corrected chi connectivity index (χ2v) is 3.98. The summed E-state index contributed by atoms with van der Waals surface area (Å²) in [5, 5.41) is 4.53. The van der Waals surface area contributed by atoms with Gasteiger partial charge in [-0.25, -0.2) is 4.98 Å². The van der Waals surface area contributed by atoms with Gasteiger partial charge >= 0.3 is 0 Å². The van der Waals surface area contributed by atoms with Crippen molar-refractivity contribution in [1.29, 1.82) is 0 Å². The molecule has 2 aromatic rings. The second-order valence-electron chi connectivity index (χ2n) is 3.63. The zero-order valence-electron chi connectivity index (χ0n) is 9.94. The van der Waals surface area contributed by atoms with Crippen molar-refractivity contribution in [3.63, 3.8) is 0 Å². The molecule has 2 rings (SSSR count). The normalized spacial score (nSPS) is 10.6. The summed E-state index contributed by atoms with van der Waals surface area (Å²) in [5.41, 5.74) is 0.724. The van der Waals surface area contributed by atoms with Gasteiger partial charge in [0.1, 0.15) is 11.0 Å². The predicted molar refractivity (Wildman–Crippen MR) is 64.5 cm³/mol. The van der Waals surface area contributed by atoms with Gasteiger partial charge in [-0.3, -0.25) is 4.68 Å². The number of hydrogen-bond donors (Lipinski definition) is 0. The lowest BCUT2D eigenvalue weighted by Crippen LogP contribution is -1.97. The number of ether oxygens (including phenoxy) is 1. The molecule has 2 heterocycles. The summed E-state index contributed by atoms with van der Waals surface area (Å²) in [4.78, 5) is 8.26. The van der Waals surface area contributed by atoms with Gasteiger partial charge in [-0.2, -0.15) is 10.1 Å². The molecule has 0 spiro atoms. The molecule has 0 aromatic carbocycles. The molecule has 0 saturated heterocycles. The minimum atomic E-state index is 0.412. The maximum Gasteiger partial charge on any atom is 0.227 e. The third-order valence-electron chi connectivity index (χ3n) is 2.30. The first-order chi connectivity index (χ1) is 8.10. The molecule has 6 heteroatoms. The average Bonchev–Trinajstić information content (AvgIpc) is 2.73. The molecule has 0 aliphatic rings. The Kier molecular flexibility index (Phi) is 3.28. The molecule has 2 aromatic heterocycles. The molecular formula is C11H13ClN4O. The van der Waals surface area contributed by atoms with E-state index in [9.17, 15) is 0 Å². The Balaban J connectivity index is 2.29. The molecule has 5 nitrogen and oxygen atoms in total. The van der Waals surface area contributed by atoms with Crippen LogP contribution >= 0.6 is 11.6 Å². The highest BCUT2D eigenvalue weighted by Gasteiger charge is 2.10. The highest BCUT2D eigenvalue weighted by molar-refractivity contribution is 6.30. The number of aromatic nitrogens is 4. The lowest BCUT2D eigenvalue weighted by Gasteiger charge is -2.07. The van der Waals surface area contributed by atoms with Crippen molar-refractivity contribution in [3.8, 4) is 11.6 Å². The molecule has 0 aliphatic heterocycles. The highest BCUT2D eigenvalue weighted by atomic mass is 35.5. The largest absolute Gasteiger partial charge is 0.435 e. The average molecular weight is 253 g/mol. The van der Waals surface area contributed by atoms with Crippen LogP contribution in [0, 0.1) is 13.8 Å². The molecule has 0 fully saturated rings. The smallest absolute Gasteiger partial charge is 0.227 e. The maximum absolute atomic E-state index is 5.97. The van der Waals surface area contributed by atoms with E-state index in [0.717, 1.165) is 12.1 Å². The Morgan fingerprint density at radius 3 is 2.76 bits per heavy atom. The first-order valence-electron chi connectivity index (χ1n) is 5.31. The van der Waals surface area contributed by atoms with Crippen LogP contribution < -0.4 is 4.74 Å². The van der Waals surface area contributed by atoms with Crippen LogP contribution in [-0.4, -0.2) is 19.7 Å². The lowest BCUT2D eigenvalue weighted by molar-refractivity contribution is 0.454. The molecule has 0 N–H and O–H groups in total. The molecule has 0 aliphatic carbocycles. The first kappa shape index (κ1) is 11.9. The van der Waals surface area contributed by atoms with Crippen molar-refractivity contribution in [2.45, 2.75) is 27.3 Å². The Bertz CT molecular complexity index is 538. The van der Waals surface area contributed by atoms with Crippen LogP contribution in [0.2, 0.25) is 5.15 Å². The summed E-state index contributed by atoms with van der Waals surface area (Å²) < 4.78 is 7.41. The van der Waals surface area contributed by atoms with Crippen molar-refractivity contribution in [2.24, 2.45) is 0 Å². The highest BCUT2D eigenvalue weighted by Crippen LogP contribution is 2.26. The number of rotatable bonds is 3. The van der Waals surface area contributed by atoms with Crippen molar-refractivity contribution in [3.05, 3.63) is 28.9 Å². The second kappa shape index (κ2) is 4.71. The molecule has 0 amide bonds. The topological polar surface area (TPSA) is 52.8 Å². The van der Waals surface area contributed by atoms with E-state index >= 15 is 0 Å². The summed E-state index contributed by atoms with van der Waals surface area (Å²) in [6, 6.07) is 0. The van der Waals surface area contributed by atoms with Gasteiger partial charge in [0.2, 0.25) is 5.88 Å². The van der Waals surface area contributed by atoms with Gasteiger partial charge in [-0.1, -0.05) is 11.6 Å². The van der Waals surface area contributed by atoms with Crippen molar-refractivity contribution in [1.82, 2.24) is 19.7 Å². The van der Waals surface area contributed by atoms with Gasteiger partial charge in [-0.15, -0.1) is 0 Å². The number of aryl methyl sites for hydroxylation is 2. The van der Waals surface area contributed by atoms with Crippen LogP contribution in [-0.2, 0) is 6.54 Å². The Labute approximate surface area is 104 Å². The van der Waals surface area contributed by atoms with E-state index in [1.165, 1.54) is 0 Å². The minimum absolute atomic E-state index is 0.412. The van der Waals surface area contributed by atoms with Gasteiger partial charge < -0.3 is 4.74 Å². The molecule has 17 heavy (non-hydrogen) atoms. The van der Waals surface area contributed by atoms with E-state index in [2.05, 4.69) is 15.1 Å². The maximum atomic E-state index is 5.97. The van der Waals surface area contributed by atoms with E-state index in [0.29, 0.717) is 22.6 Å². The SMILES string of the molecule is CCn1cc(Oc2nc(C)nc(Cl)c2C)cn1. The van der Waals surface area contributed by atoms with Gasteiger partial charge in [-0.05, 0) is 20.8 Å². The van der Waals surface area contributed by atoms with Gasteiger partial charge in [0.15, 0.2) is 5.75 Å². The Hall–Kier alpha value is -1.62. The molecule has 0 saturated carbocycles. The summed E-state index contributed by atoms with van der Waals surface area (Å²) in [5.74, 6) is 1.70. The summed E-state index contributed by atoms with van der Waals surface area (Å²) in [7, 11) is 0. The third kappa shape index (κ3) is 2.55. The third-order valence-corrected chi connectivity index (χ3v) is 2.67. The van der Waals surface area contributed by atoms with Crippen LogP contribution in [0.25, 0.3) is 0 Å². The van der Waals surface area contributed by atoms with E-state index in [1.807, 2.05) is 20.0 Å². The molecule has 0 bridgehead atoms. The molecular weight excluding hydrogens is 240 g/mol. The summed E-state index contributed by atoms with van der Waals surface area (Å²) in [6.07, 6.45) is 3.46. The van der Waals surface area contributed by atoms with Crippen molar-refractivity contribution >= 4 is 11.6 Å². The first-order valence-corrected chi connectivity index (χ1v) is 5.69. The fourth-order valence-corrected chi connectivity index (χ4v) is 1.55. The lowest BCUT2D eigenvalue weighted by atomic mass is 10.3. The zero-order chi connectivity index (χ0) is 12.4. The van der Waals surface area contributed by atoms with Crippen LogP contribution in [0.1, 0.15) is 18.3 Å². The van der Waals surface area contributed by atoms with Crippen LogP contribution in [0.3, 0.4) is 0 Å². The van der Waals surface area contributed by atoms with E-state index in [-0.39, 0.29) is 0 Å². The molecule has 0 unspecified atom stereocenters. The summed E-state index contributed by atoms with van der Waals surface area (Å²) in [6.45, 7) is 6.40. The summed E-state index contributed by atoms with van der Waals surface area (Å²) >= 11 is 5.97. The molecule has 0 atom stereocenters. The Morgan fingerprint density at radius 2 is 2.12 bits per heavy atom. The molecule has 90 valence electrons. The van der Waals surface area contributed by atoms with Crippen molar-refractivity contribution in [2.75, 3.05) is 0 Å². The van der Waals surface area contributed by atoms with Crippen molar-refractivity contribution < 1.29 is 4.74 Å². The number of hydrogen-bond acceptors (Lipinski definition) is 4. The number of nitrogens with zero attached hydrogens (tertiary/aromatic N) is 4. The zero-order valence-corrected chi connectivity index (χ0v) is 10.7. The number of halogens is 1. The van der Waals surface area contributed by atoms with E-state index < -0.39 is 0 Å². The van der Waals surface area contributed by atoms with Gasteiger partial charge in [0.25, 0.3) is 0 Å². The van der Waals surface area contributed by atoms with Gasteiger partial charge in [0, 0.05) is 12.1 Å². The Morgan fingerprint density at radius 1 is 1.35 bits per heavy atom.